The van der Waals surface area contributed by atoms with E-state index >= 15 is 0 Å². The standard InChI is InChI=1S/C49H36N2O/c1-49-42-26-23-35(34-24-27-44-41(30-34)38-19-8-10-21-43(38)50(44)36-16-6-3-7-17-36)31-45(42)51(37-18-12-15-33(29-37)32-13-4-2-5-14-32)47(49)28-25-40-39-20-9-11-22-46(39)52-48(40)49/h2-22,24-31,35,47H,23H2,1H3. The van der Waals surface area contributed by atoms with Gasteiger partial charge in [-0.1, -0.05) is 127 Å². The molecule has 52 heavy (non-hydrogen) atoms. The van der Waals surface area contributed by atoms with Gasteiger partial charge in [-0.15, -0.1) is 0 Å². The molecule has 3 unspecified atom stereocenters. The van der Waals surface area contributed by atoms with E-state index in [1.165, 1.54) is 72.1 Å². The number of hydrogen-bond acceptors (Lipinski definition) is 2. The summed E-state index contributed by atoms with van der Waals surface area (Å²) in [5.74, 6) is 1.29. The Morgan fingerprint density at radius 1 is 0.635 bits per heavy atom. The highest BCUT2D eigenvalue weighted by molar-refractivity contribution is 6.09. The zero-order valence-corrected chi connectivity index (χ0v) is 28.9. The summed E-state index contributed by atoms with van der Waals surface area (Å²) in [6.45, 7) is 2.40. The number of fused-ring (bicyclic) bond motifs is 10. The van der Waals surface area contributed by atoms with Crippen molar-refractivity contribution in [1.29, 1.82) is 0 Å². The predicted molar refractivity (Wildman–Crippen MR) is 215 cm³/mol. The van der Waals surface area contributed by atoms with Crippen LogP contribution in [0.5, 0.6) is 0 Å². The molecule has 248 valence electrons. The number of para-hydroxylation sites is 3. The lowest BCUT2D eigenvalue weighted by molar-refractivity contribution is 0.410. The molecule has 0 radical (unpaired) electrons. The zero-order chi connectivity index (χ0) is 34.4. The number of hydrogen-bond donors (Lipinski definition) is 0. The van der Waals surface area contributed by atoms with E-state index in [1.54, 1.807) is 0 Å². The highest BCUT2D eigenvalue weighted by Crippen LogP contribution is 2.58. The lowest BCUT2D eigenvalue weighted by Gasteiger charge is -2.35. The zero-order valence-electron chi connectivity index (χ0n) is 28.9. The fraction of sp³-hybridized carbons (Fsp3) is 0.102. The van der Waals surface area contributed by atoms with Crippen molar-refractivity contribution in [1.82, 2.24) is 4.57 Å². The minimum absolute atomic E-state index is 0.0640. The van der Waals surface area contributed by atoms with Gasteiger partial charge in [0.25, 0.3) is 0 Å². The fourth-order valence-electron chi connectivity index (χ4n) is 9.37. The topological polar surface area (TPSA) is 21.3 Å². The van der Waals surface area contributed by atoms with E-state index < -0.39 is 0 Å². The summed E-state index contributed by atoms with van der Waals surface area (Å²) in [5.41, 5.74) is 13.1. The van der Waals surface area contributed by atoms with Gasteiger partial charge in [0.2, 0.25) is 0 Å². The van der Waals surface area contributed by atoms with Crippen molar-refractivity contribution < 1.29 is 4.42 Å². The molecule has 8 aromatic rings. The smallest absolute Gasteiger partial charge is 0.134 e. The molecule has 1 fully saturated rings. The number of nitrogens with zero attached hydrogens (tertiary/aromatic N) is 2. The minimum Gasteiger partial charge on any atom is -0.459 e. The monoisotopic (exact) mass is 668 g/mol. The van der Waals surface area contributed by atoms with E-state index in [0.717, 1.165) is 17.8 Å². The Hall–Kier alpha value is -6.32. The fourth-order valence-corrected chi connectivity index (χ4v) is 9.37. The maximum Gasteiger partial charge on any atom is 0.134 e. The summed E-state index contributed by atoms with van der Waals surface area (Å²) < 4.78 is 9.22. The normalized spacial score (nSPS) is 20.5. The highest BCUT2D eigenvalue weighted by Gasteiger charge is 2.55. The van der Waals surface area contributed by atoms with Gasteiger partial charge in [-0.25, -0.2) is 0 Å². The second-order valence-corrected chi connectivity index (χ2v) is 14.6. The van der Waals surface area contributed by atoms with Crippen LogP contribution in [0.3, 0.4) is 0 Å². The average Bonchev–Trinajstić information content (AvgIpc) is 3.84. The number of rotatable bonds is 4. The van der Waals surface area contributed by atoms with Crippen LogP contribution in [-0.2, 0) is 5.41 Å². The molecule has 0 amide bonds. The van der Waals surface area contributed by atoms with E-state index in [-0.39, 0.29) is 17.4 Å². The molecule has 0 saturated carbocycles. The number of allylic oxidation sites excluding steroid dienone is 3. The maximum atomic E-state index is 6.82. The minimum atomic E-state index is -0.351. The van der Waals surface area contributed by atoms with Crippen LogP contribution in [0, 0.1) is 0 Å². The van der Waals surface area contributed by atoms with Crippen molar-refractivity contribution in [2.75, 3.05) is 4.90 Å². The third-order valence-corrected chi connectivity index (χ3v) is 11.8. The molecule has 1 saturated heterocycles. The molecule has 2 aliphatic carbocycles. The SMILES string of the molecule is CC12C3=CCC(c4ccc5c(c4)c4ccccc4n5-c4ccccc4)C=C3N(c3cccc(-c4ccccc4)c3)C1C=Cc1c2oc2ccccc12. The van der Waals surface area contributed by atoms with Gasteiger partial charge < -0.3 is 13.9 Å². The predicted octanol–water partition coefficient (Wildman–Crippen LogP) is 12.4. The summed E-state index contributed by atoms with van der Waals surface area (Å²) in [6.07, 6.45) is 10.7. The Labute approximate surface area is 303 Å². The van der Waals surface area contributed by atoms with E-state index in [1.807, 2.05) is 0 Å². The number of furan rings is 1. The molecule has 0 spiro atoms. The van der Waals surface area contributed by atoms with Gasteiger partial charge in [0.15, 0.2) is 0 Å². The Kier molecular flexibility index (Phi) is 6.27. The van der Waals surface area contributed by atoms with Crippen molar-refractivity contribution in [3.8, 4) is 16.8 Å². The number of aromatic nitrogens is 1. The molecule has 11 rings (SSSR count). The summed E-state index contributed by atoms with van der Waals surface area (Å²) in [5, 5.41) is 3.75. The quantitative estimate of drug-likeness (QED) is 0.186. The van der Waals surface area contributed by atoms with Crippen LogP contribution in [0.1, 0.15) is 36.1 Å². The van der Waals surface area contributed by atoms with E-state index in [4.69, 9.17) is 4.42 Å². The molecule has 0 N–H and O–H groups in total. The third-order valence-electron chi connectivity index (χ3n) is 11.8. The van der Waals surface area contributed by atoms with E-state index in [9.17, 15) is 0 Å². The largest absolute Gasteiger partial charge is 0.459 e. The molecular weight excluding hydrogens is 633 g/mol. The summed E-state index contributed by atoms with van der Waals surface area (Å²) in [4.78, 5) is 2.58. The first kappa shape index (κ1) is 29.4. The average molecular weight is 669 g/mol. The lowest BCUT2D eigenvalue weighted by Crippen LogP contribution is -2.41. The molecule has 3 nitrogen and oxygen atoms in total. The van der Waals surface area contributed by atoms with E-state index in [0.29, 0.717) is 0 Å². The molecule has 2 aromatic heterocycles. The van der Waals surface area contributed by atoms with Crippen LogP contribution < -0.4 is 4.90 Å². The summed E-state index contributed by atoms with van der Waals surface area (Å²) >= 11 is 0. The molecule has 3 aliphatic rings. The highest BCUT2D eigenvalue weighted by atomic mass is 16.3. The molecule has 3 heterocycles. The van der Waals surface area contributed by atoms with Crippen molar-refractivity contribution >= 4 is 44.5 Å². The van der Waals surface area contributed by atoms with Crippen LogP contribution in [0.4, 0.5) is 5.69 Å². The van der Waals surface area contributed by atoms with Crippen LogP contribution in [0.15, 0.2) is 186 Å². The van der Waals surface area contributed by atoms with Gasteiger partial charge in [-0.3, -0.25) is 0 Å². The number of anilines is 1. The van der Waals surface area contributed by atoms with E-state index in [2.05, 4.69) is 192 Å². The van der Waals surface area contributed by atoms with Gasteiger partial charge >= 0.3 is 0 Å². The maximum absolute atomic E-state index is 6.82. The van der Waals surface area contributed by atoms with Crippen LogP contribution >= 0.6 is 0 Å². The Balaban J connectivity index is 1.08. The summed E-state index contributed by atoms with van der Waals surface area (Å²) in [6, 6.07) is 54.9. The molecule has 3 heteroatoms. The second-order valence-electron chi connectivity index (χ2n) is 14.6. The van der Waals surface area contributed by atoms with Gasteiger partial charge in [0.1, 0.15) is 11.3 Å². The molecule has 0 bridgehead atoms. The molecular formula is C49H36N2O. The van der Waals surface area contributed by atoms with Gasteiger partial charge in [0, 0.05) is 44.7 Å². The van der Waals surface area contributed by atoms with Gasteiger partial charge in [0.05, 0.1) is 22.5 Å². The molecule has 3 atom stereocenters. The summed E-state index contributed by atoms with van der Waals surface area (Å²) in [7, 11) is 0. The first-order chi connectivity index (χ1) is 25.7. The van der Waals surface area contributed by atoms with Gasteiger partial charge in [-0.05, 0) is 84.1 Å². The second kappa shape index (κ2) is 11.1. The van der Waals surface area contributed by atoms with Crippen molar-refractivity contribution in [3.63, 3.8) is 0 Å². The Morgan fingerprint density at radius 2 is 1.35 bits per heavy atom. The van der Waals surface area contributed by atoms with Crippen molar-refractivity contribution in [2.45, 2.75) is 30.7 Å². The van der Waals surface area contributed by atoms with Crippen LogP contribution in [-0.4, -0.2) is 10.6 Å². The number of benzene rings is 6. The Morgan fingerprint density at radius 3 is 2.21 bits per heavy atom. The molecule has 6 aromatic carbocycles. The van der Waals surface area contributed by atoms with Gasteiger partial charge in [-0.2, -0.15) is 0 Å². The van der Waals surface area contributed by atoms with Crippen molar-refractivity contribution in [3.05, 3.63) is 198 Å². The molecule has 1 aliphatic heterocycles. The van der Waals surface area contributed by atoms with Crippen molar-refractivity contribution in [2.24, 2.45) is 0 Å². The Bertz CT molecular complexity index is 2800. The van der Waals surface area contributed by atoms with Crippen LogP contribution in [0.2, 0.25) is 0 Å². The lowest BCUT2D eigenvalue weighted by atomic mass is 9.70. The van der Waals surface area contributed by atoms with Crippen LogP contribution in [0.25, 0.3) is 55.7 Å². The first-order valence-electron chi connectivity index (χ1n) is 18.3. The third kappa shape index (κ3) is 4.14. The first-order valence-corrected chi connectivity index (χ1v) is 18.3.